The molecule has 0 unspecified atom stereocenters. The van der Waals surface area contributed by atoms with E-state index in [1.54, 1.807) is 0 Å². The minimum Gasteiger partial charge on any atom is -0.349 e. The molecule has 0 bridgehead atoms. The van der Waals surface area contributed by atoms with E-state index in [2.05, 4.69) is 10.3 Å². The van der Waals surface area contributed by atoms with Gasteiger partial charge < -0.3 is 10.2 Å². The Kier molecular flexibility index (Phi) is 3.23. The molecular weight excluding hydrogens is 243 g/mol. The summed E-state index contributed by atoms with van der Waals surface area (Å²) < 4.78 is 38.0. The van der Waals surface area contributed by atoms with Crippen LogP contribution in [-0.4, -0.2) is 30.2 Å². The van der Waals surface area contributed by atoms with Crippen LogP contribution in [0.4, 0.5) is 19.0 Å². The summed E-state index contributed by atoms with van der Waals surface area (Å²) in [4.78, 5) is 5.99. The Morgan fingerprint density at radius 3 is 2.72 bits per heavy atom. The fourth-order valence-electron chi connectivity index (χ4n) is 2.15. The Morgan fingerprint density at radius 1 is 1.39 bits per heavy atom. The van der Waals surface area contributed by atoms with Crippen molar-refractivity contribution in [3.05, 3.63) is 23.9 Å². The van der Waals surface area contributed by atoms with Gasteiger partial charge in [0, 0.05) is 31.4 Å². The van der Waals surface area contributed by atoms with Gasteiger partial charge in [-0.3, -0.25) is 0 Å². The number of pyridine rings is 1. The number of rotatable bonds is 1. The number of halogens is 3. The molecule has 6 heteroatoms. The number of aromatic nitrogens is 1. The summed E-state index contributed by atoms with van der Waals surface area (Å²) in [5.74, 6) is 0.385. The molecule has 3 nitrogen and oxygen atoms in total. The Bertz CT molecular complexity index is 429. The van der Waals surface area contributed by atoms with E-state index in [4.69, 9.17) is 0 Å². The molecule has 1 aliphatic rings. The quantitative estimate of drug-likeness (QED) is 0.838. The van der Waals surface area contributed by atoms with Gasteiger partial charge in [0.05, 0.1) is 5.56 Å². The molecule has 1 aromatic heterocycles. The summed E-state index contributed by atoms with van der Waals surface area (Å²) in [5, 5.41) is 3.23. The SMILES string of the molecule is CC1(C)CNCCN1c1cc(C(F)(F)F)ccn1. The van der Waals surface area contributed by atoms with Crippen LogP contribution >= 0.6 is 0 Å². The van der Waals surface area contributed by atoms with Gasteiger partial charge in [0.1, 0.15) is 5.82 Å². The maximum atomic E-state index is 12.7. The highest BCUT2D eigenvalue weighted by Crippen LogP contribution is 2.32. The van der Waals surface area contributed by atoms with Gasteiger partial charge in [0.2, 0.25) is 0 Å². The van der Waals surface area contributed by atoms with Gasteiger partial charge in [0.15, 0.2) is 0 Å². The summed E-state index contributed by atoms with van der Waals surface area (Å²) >= 11 is 0. The lowest BCUT2D eigenvalue weighted by Crippen LogP contribution is -2.58. The Labute approximate surface area is 104 Å². The Morgan fingerprint density at radius 2 is 2.11 bits per heavy atom. The highest BCUT2D eigenvalue weighted by atomic mass is 19.4. The molecule has 0 saturated carbocycles. The summed E-state index contributed by atoms with van der Waals surface area (Å²) in [5.41, 5.74) is -0.892. The van der Waals surface area contributed by atoms with Gasteiger partial charge in [-0.25, -0.2) is 4.98 Å². The second-order valence-electron chi connectivity index (χ2n) is 5.04. The number of anilines is 1. The molecule has 1 fully saturated rings. The Hall–Kier alpha value is -1.30. The van der Waals surface area contributed by atoms with Crippen molar-refractivity contribution >= 4 is 5.82 Å². The van der Waals surface area contributed by atoms with E-state index >= 15 is 0 Å². The van der Waals surface area contributed by atoms with Crippen LogP contribution in [0.5, 0.6) is 0 Å². The predicted octanol–water partition coefficient (Wildman–Crippen LogP) is 2.29. The van der Waals surface area contributed by atoms with Gasteiger partial charge in [-0.2, -0.15) is 13.2 Å². The minimum atomic E-state index is -4.32. The van der Waals surface area contributed by atoms with Gasteiger partial charge in [-0.05, 0) is 26.0 Å². The van der Waals surface area contributed by atoms with Crippen LogP contribution < -0.4 is 10.2 Å². The Balaban J connectivity index is 2.33. The second-order valence-corrected chi connectivity index (χ2v) is 5.04. The predicted molar refractivity (Wildman–Crippen MR) is 63.5 cm³/mol. The summed E-state index contributed by atoms with van der Waals surface area (Å²) in [6.45, 7) is 6.11. The molecule has 2 rings (SSSR count). The second kappa shape index (κ2) is 4.42. The van der Waals surface area contributed by atoms with Gasteiger partial charge in [-0.1, -0.05) is 0 Å². The molecule has 0 atom stereocenters. The molecule has 100 valence electrons. The van der Waals surface area contributed by atoms with Crippen molar-refractivity contribution in [2.24, 2.45) is 0 Å². The third-order valence-corrected chi connectivity index (χ3v) is 3.15. The highest BCUT2D eigenvalue weighted by Gasteiger charge is 2.34. The van der Waals surface area contributed by atoms with Crippen LogP contribution in [0.15, 0.2) is 18.3 Å². The van der Waals surface area contributed by atoms with E-state index < -0.39 is 11.7 Å². The van der Waals surface area contributed by atoms with E-state index in [0.29, 0.717) is 12.4 Å². The lowest BCUT2D eigenvalue weighted by Gasteiger charge is -2.43. The third-order valence-electron chi connectivity index (χ3n) is 3.15. The van der Waals surface area contributed by atoms with E-state index in [1.807, 2.05) is 18.7 Å². The van der Waals surface area contributed by atoms with Crippen LogP contribution in [0.3, 0.4) is 0 Å². The van der Waals surface area contributed by atoms with Crippen LogP contribution in [0, 0.1) is 0 Å². The number of hydrogen-bond donors (Lipinski definition) is 1. The molecular formula is C12H16F3N3. The van der Waals surface area contributed by atoms with Crippen molar-refractivity contribution in [1.82, 2.24) is 10.3 Å². The van der Waals surface area contributed by atoms with Crippen molar-refractivity contribution in [2.75, 3.05) is 24.5 Å². The van der Waals surface area contributed by atoms with Crippen molar-refractivity contribution in [1.29, 1.82) is 0 Å². The standard InChI is InChI=1S/C12H16F3N3/c1-11(2)8-16-5-6-18(11)10-7-9(3-4-17-10)12(13,14)15/h3-4,7,16H,5-6,8H2,1-2H3. The third kappa shape index (κ3) is 2.58. The number of nitrogens with zero attached hydrogens (tertiary/aromatic N) is 2. The topological polar surface area (TPSA) is 28.2 Å². The molecule has 1 N–H and O–H groups in total. The molecule has 0 aliphatic carbocycles. The first kappa shape index (κ1) is 13.1. The van der Waals surface area contributed by atoms with E-state index in [0.717, 1.165) is 25.2 Å². The van der Waals surface area contributed by atoms with Crippen molar-refractivity contribution in [3.8, 4) is 0 Å². The lowest BCUT2D eigenvalue weighted by atomic mass is 10.00. The van der Waals surface area contributed by atoms with Gasteiger partial charge >= 0.3 is 6.18 Å². The number of hydrogen-bond acceptors (Lipinski definition) is 3. The fourth-order valence-corrected chi connectivity index (χ4v) is 2.15. The molecule has 1 aliphatic heterocycles. The lowest BCUT2D eigenvalue weighted by molar-refractivity contribution is -0.137. The molecule has 0 amide bonds. The van der Waals surface area contributed by atoms with Gasteiger partial charge in [0.25, 0.3) is 0 Å². The first-order valence-corrected chi connectivity index (χ1v) is 5.82. The first-order valence-electron chi connectivity index (χ1n) is 5.82. The summed E-state index contributed by atoms with van der Waals surface area (Å²) in [6.07, 6.45) is -3.11. The molecule has 0 radical (unpaired) electrons. The zero-order chi connectivity index (χ0) is 13.4. The monoisotopic (exact) mass is 259 g/mol. The van der Waals surface area contributed by atoms with Crippen LogP contribution in [0.2, 0.25) is 0 Å². The molecule has 1 aromatic rings. The number of nitrogens with one attached hydrogen (secondary N) is 1. The van der Waals surface area contributed by atoms with E-state index in [9.17, 15) is 13.2 Å². The van der Waals surface area contributed by atoms with Crippen LogP contribution in [0.1, 0.15) is 19.4 Å². The van der Waals surface area contributed by atoms with E-state index in [1.165, 1.54) is 6.20 Å². The van der Waals surface area contributed by atoms with Crippen molar-refractivity contribution in [3.63, 3.8) is 0 Å². The van der Waals surface area contributed by atoms with E-state index in [-0.39, 0.29) is 5.54 Å². The largest absolute Gasteiger partial charge is 0.416 e. The molecule has 0 spiro atoms. The van der Waals surface area contributed by atoms with Crippen molar-refractivity contribution in [2.45, 2.75) is 25.6 Å². The average molecular weight is 259 g/mol. The molecule has 2 heterocycles. The summed E-state index contributed by atoms with van der Waals surface area (Å²) in [6, 6.07) is 2.12. The average Bonchev–Trinajstić information content (AvgIpc) is 2.27. The molecule has 0 aromatic carbocycles. The summed E-state index contributed by atoms with van der Waals surface area (Å²) in [7, 11) is 0. The van der Waals surface area contributed by atoms with Crippen LogP contribution in [0.25, 0.3) is 0 Å². The zero-order valence-corrected chi connectivity index (χ0v) is 10.4. The van der Waals surface area contributed by atoms with Crippen molar-refractivity contribution < 1.29 is 13.2 Å². The van der Waals surface area contributed by atoms with Gasteiger partial charge in [-0.15, -0.1) is 0 Å². The zero-order valence-electron chi connectivity index (χ0n) is 10.4. The fraction of sp³-hybridized carbons (Fsp3) is 0.583. The minimum absolute atomic E-state index is 0.241. The van der Waals surface area contributed by atoms with Crippen LogP contribution in [-0.2, 0) is 6.18 Å². The number of alkyl halides is 3. The smallest absolute Gasteiger partial charge is 0.349 e. The normalized spacial score (nSPS) is 19.9. The molecule has 18 heavy (non-hydrogen) atoms. The maximum absolute atomic E-state index is 12.7. The molecule has 1 saturated heterocycles. The number of piperazine rings is 1. The maximum Gasteiger partial charge on any atom is 0.416 e. The highest BCUT2D eigenvalue weighted by molar-refractivity contribution is 5.45. The first-order chi connectivity index (χ1) is 8.31.